The van der Waals surface area contributed by atoms with Crippen molar-refractivity contribution in [2.75, 3.05) is 6.54 Å². The summed E-state index contributed by atoms with van der Waals surface area (Å²) in [5.74, 6) is -0.634. The van der Waals surface area contributed by atoms with Crippen LogP contribution in [0.2, 0.25) is 0 Å². The van der Waals surface area contributed by atoms with Crippen molar-refractivity contribution in [1.29, 1.82) is 0 Å². The van der Waals surface area contributed by atoms with Gasteiger partial charge in [-0.3, -0.25) is 14.9 Å². The minimum Gasteiger partial charge on any atom is -0.439 e. The summed E-state index contributed by atoms with van der Waals surface area (Å²) in [4.78, 5) is 23.8. The van der Waals surface area contributed by atoms with E-state index in [2.05, 4.69) is 5.32 Å². The zero-order chi connectivity index (χ0) is 14.5. The van der Waals surface area contributed by atoms with Crippen LogP contribution in [0.3, 0.4) is 0 Å². The van der Waals surface area contributed by atoms with Crippen LogP contribution in [0.1, 0.15) is 30.6 Å². The largest absolute Gasteiger partial charge is 0.439 e. The smallest absolute Gasteiger partial charge is 0.307 e. The Morgan fingerprint density at radius 3 is 2.80 bits per heavy atom. The van der Waals surface area contributed by atoms with Crippen LogP contribution in [0.5, 0.6) is 0 Å². The normalized spacial score (nSPS) is 12.3. The van der Waals surface area contributed by atoms with Crippen LogP contribution < -0.4 is 5.32 Å². The number of rotatable bonds is 6. The summed E-state index contributed by atoms with van der Waals surface area (Å²) in [6.07, 6.45) is 3.03. The molecule has 5 nitrogen and oxygen atoms in total. The number of carbonyl (C=O) groups excluding carboxylic acids is 2. The van der Waals surface area contributed by atoms with E-state index >= 15 is 0 Å². The summed E-state index contributed by atoms with van der Waals surface area (Å²) in [5.41, 5.74) is 1.44. The van der Waals surface area contributed by atoms with Crippen molar-refractivity contribution in [2.24, 2.45) is 0 Å². The lowest BCUT2D eigenvalue weighted by Gasteiger charge is -2.17. The Morgan fingerprint density at radius 1 is 1.30 bits per heavy atom. The zero-order valence-corrected chi connectivity index (χ0v) is 11.6. The van der Waals surface area contributed by atoms with Crippen LogP contribution in [0.4, 0.5) is 0 Å². The van der Waals surface area contributed by atoms with Crippen molar-refractivity contribution in [1.82, 2.24) is 9.72 Å². The van der Waals surface area contributed by atoms with E-state index in [0.717, 1.165) is 5.52 Å². The predicted molar refractivity (Wildman–Crippen MR) is 75.6 cm³/mol. The minimum absolute atomic E-state index is 0.239. The summed E-state index contributed by atoms with van der Waals surface area (Å²) in [6, 6.07) is 7.32. The van der Waals surface area contributed by atoms with E-state index in [4.69, 9.17) is 4.74 Å². The lowest BCUT2D eigenvalue weighted by molar-refractivity contribution is -0.147. The van der Waals surface area contributed by atoms with E-state index in [1.807, 2.05) is 35.9 Å². The number of Topliss-reactive ketones (excluding diaryl/α,β-unsaturated/α-hetero) is 1. The summed E-state index contributed by atoms with van der Waals surface area (Å²) in [6.45, 7) is 4.10. The molecule has 2 aromatic rings. The second kappa shape index (κ2) is 6.34. The number of carbonyl (C=O) groups is 2. The number of ether oxygens (including phenoxy) is 1. The summed E-state index contributed by atoms with van der Waals surface area (Å²) in [5, 5.41) is 2.89. The molecule has 0 spiro atoms. The van der Waals surface area contributed by atoms with Crippen molar-refractivity contribution < 1.29 is 14.3 Å². The Labute approximate surface area is 117 Å². The first-order chi connectivity index (χ1) is 9.65. The lowest BCUT2D eigenvalue weighted by Crippen LogP contribution is -2.40. The first-order valence-corrected chi connectivity index (χ1v) is 6.69. The van der Waals surface area contributed by atoms with E-state index in [1.165, 1.54) is 0 Å². The van der Waals surface area contributed by atoms with Gasteiger partial charge in [0.2, 0.25) is 12.0 Å². The highest BCUT2D eigenvalue weighted by molar-refractivity contribution is 6.00. The lowest BCUT2D eigenvalue weighted by atomic mass is 10.1. The van der Waals surface area contributed by atoms with Gasteiger partial charge < -0.3 is 9.14 Å². The Morgan fingerprint density at radius 2 is 2.10 bits per heavy atom. The van der Waals surface area contributed by atoms with Crippen LogP contribution in [-0.2, 0) is 9.53 Å². The van der Waals surface area contributed by atoms with Crippen LogP contribution in [0, 0.1) is 0 Å². The monoisotopic (exact) mass is 274 g/mol. The third kappa shape index (κ3) is 3.05. The van der Waals surface area contributed by atoms with Gasteiger partial charge in [0.15, 0.2) is 0 Å². The second-order valence-electron chi connectivity index (χ2n) is 4.40. The van der Waals surface area contributed by atoms with E-state index in [-0.39, 0.29) is 12.2 Å². The number of nitrogens with zero attached hydrogens (tertiary/aromatic N) is 1. The number of fused-ring (bicyclic) bond motifs is 1. The maximum absolute atomic E-state index is 12.4. The number of pyridine rings is 1. The molecule has 0 radical (unpaired) electrons. The quantitative estimate of drug-likeness (QED) is 0.497. The molecule has 106 valence electrons. The molecule has 0 amide bonds. The highest BCUT2D eigenvalue weighted by Crippen LogP contribution is 2.11. The summed E-state index contributed by atoms with van der Waals surface area (Å²) < 4.78 is 7.06. The first kappa shape index (κ1) is 14.3. The topological polar surface area (TPSA) is 59.8 Å². The third-order valence-electron chi connectivity index (χ3n) is 2.98. The van der Waals surface area contributed by atoms with Crippen LogP contribution in [-0.4, -0.2) is 28.9 Å². The molecule has 1 atom stereocenters. The Bertz CT molecular complexity index is 618. The van der Waals surface area contributed by atoms with Gasteiger partial charge >= 0.3 is 5.97 Å². The maximum Gasteiger partial charge on any atom is 0.307 e. The maximum atomic E-state index is 12.4. The first-order valence-electron chi connectivity index (χ1n) is 6.69. The van der Waals surface area contributed by atoms with Crippen molar-refractivity contribution in [3.8, 4) is 0 Å². The van der Waals surface area contributed by atoms with Crippen LogP contribution in [0.15, 0.2) is 36.7 Å². The highest BCUT2D eigenvalue weighted by Gasteiger charge is 2.22. The molecule has 1 unspecified atom stereocenters. The highest BCUT2D eigenvalue weighted by atomic mass is 16.6. The van der Waals surface area contributed by atoms with Crippen LogP contribution >= 0.6 is 0 Å². The van der Waals surface area contributed by atoms with Crippen LogP contribution in [0.25, 0.3) is 5.52 Å². The third-order valence-corrected chi connectivity index (χ3v) is 2.98. The molecule has 0 saturated carbocycles. The van der Waals surface area contributed by atoms with Crippen molar-refractivity contribution in [2.45, 2.75) is 26.5 Å². The number of hydrogen-bond acceptors (Lipinski definition) is 4. The molecule has 0 bridgehead atoms. The molecule has 0 aliphatic heterocycles. The van der Waals surface area contributed by atoms with Crippen molar-refractivity contribution >= 4 is 17.3 Å². The molecule has 2 rings (SSSR count). The number of esters is 1. The van der Waals surface area contributed by atoms with Gasteiger partial charge in [-0.1, -0.05) is 13.8 Å². The number of hydrogen-bond donors (Lipinski definition) is 1. The van der Waals surface area contributed by atoms with Gasteiger partial charge in [0.05, 0.1) is 0 Å². The molecular weight excluding hydrogens is 256 g/mol. The number of ketones is 1. The molecule has 1 N–H and O–H groups in total. The Balaban J connectivity index is 2.23. The molecule has 0 aromatic carbocycles. The van der Waals surface area contributed by atoms with Crippen molar-refractivity contribution in [3.05, 3.63) is 42.2 Å². The van der Waals surface area contributed by atoms with Gasteiger partial charge in [-0.15, -0.1) is 0 Å². The molecule has 20 heavy (non-hydrogen) atoms. The van der Waals surface area contributed by atoms with E-state index in [9.17, 15) is 9.59 Å². The molecule has 0 aliphatic carbocycles. The molecule has 2 aromatic heterocycles. The molecule has 0 saturated heterocycles. The number of likely N-dealkylation sites (N-methyl/N-ethyl adjacent to an activating group) is 1. The van der Waals surface area contributed by atoms with Gasteiger partial charge in [0.25, 0.3) is 0 Å². The molecule has 2 heterocycles. The van der Waals surface area contributed by atoms with Gasteiger partial charge in [-0.05, 0) is 30.8 Å². The summed E-state index contributed by atoms with van der Waals surface area (Å²) in [7, 11) is 0. The fourth-order valence-corrected chi connectivity index (χ4v) is 1.93. The predicted octanol–water partition coefficient (Wildman–Crippen LogP) is 2.01. The van der Waals surface area contributed by atoms with Crippen molar-refractivity contribution in [3.63, 3.8) is 0 Å². The van der Waals surface area contributed by atoms with Gasteiger partial charge in [0.1, 0.15) is 0 Å². The molecule has 0 fully saturated rings. The van der Waals surface area contributed by atoms with Gasteiger partial charge in [-0.25, -0.2) is 0 Å². The number of nitrogens with one attached hydrogen (secondary N) is 1. The molecule has 5 heteroatoms. The van der Waals surface area contributed by atoms with Gasteiger partial charge in [-0.2, -0.15) is 0 Å². The second-order valence-corrected chi connectivity index (χ2v) is 4.40. The average molecular weight is 274 g/mol. The minimum atomic E-state index is -0.926. The SMILES string of the molecule is CCNC(OC(=O)CC)C(=O)c1ccn2cccc2c1. The Hall–Kier alpha value is -2.14. The average Bonchev–Trinajstić information content (AvgIpc) is 2.93. The van der Waals surface area contributed by atoms with E-state index in [1.54, 1.807) is 19.1 Å². The van der Waals surface area contributed by atoms with Gasteiger partial charge in [0, 0.05) is 29.9 Å². The van der Waals surface area contributed by atoms with E-state index < -0.39 is 12.2 Å². The fraction of sp³-hybridized carbons (Fsp3) is 0.333. The number of aromatic nitrogens is 1. The standard InChI is InChI=1S/C15H18N2O3/c1-3-13(18)20-15(16-4-2)14(19)11-7-9-17-8-5-6-12(17)10-11/h5-10,15-16H,3-4H2,1-2H3. The fourth-order valence-electron chi connectivity index (χ4n) is 1.93. The molecular formula is C15H18N2O3. The van der Waals surface area contributed by atoms with E-state index in [0.29, 0.717) is 12.1 Å². The zero-order valence-electron chi connectivity index (χ0n) is 11.6. The molecule has 0 aliphatic rings. The summed E-state index contributed by atoms with van der Waals surface area (Å²) >= 11 is 0. The Kier molecular flexibility index (Phi) is 4.53.